The topological polar surface area (TPSA) is 55.4 Å². The third kappa shape index (κ3) is 3.77. The van der Waals surface area contributed by atoms with E-state index in [-0.39, 0.29) is 16.5 Å². The van der Waals surface area contributed by atoms with E-state index in [1.54, 1.807) is 12.1 Å². The molecule has 0 atom stereocenters. The Morgan fingerprint density at radius 3 is 2.50 bits per heavy atom. The molecule has 4 nitrogen and oxygen atoms in total. The molecule has 0 aromatic heterocycles. The molecule has 0 radical (unpaired) electrons. The summed E-state index contributed by atoms with van der Waals surface area (Å²) in [5, 5.41) is -0.268. The van der Waals surface area contributed by atoms with Crippen LogP contribution in [-0.2, 0) is 21.5 Å². The molecule has 2 aromatic rings. The molecular weight excluding hydrogens is 305 g/mol. The largest absolute Gasteiger partial charge is 0.282 e. The zero-order valence-electron chi connectivity index (χ0n) is 10.2. The quantitative estimate of drug-likeness (QED) is 0.863. The summed E-state index contributed by atoms with van der Waals surface area (Å²) in [5.74, 6) is -0.684. The summed E-state index contributed by atoms with van der Waals surface area (Å²) in [5.41, 5.74) is 0.812. The maximum atomic E-state index is 13.0. The molecule has 0 aliphatic carbocycles. The van der Waals surface area contributed by atoms with Crippen molar-refractivity contribution in [3.05, 3.63) is 64.9 Å². The molecule has 0 saturated carbocycles. The Balaban J connectivity index is 2.02. The predicted molar refractivity (Wildman–Crippen MR) is 73.0 cm³/mol. The number of nitrogens with one attached hydrogen (secondary N) is 1. The van der Waals surface area contributed by atoms with Gasteiger partial charge in [0, 0.05) is 0 Å². The fraction of sp³-hybridized carbons (Fsp3) is 0.0769. The van der Waals surface area contributed by atoms with E-state index >= 15 is 0 Å². The first kappa shape index (κ1) is 14.9. The molecule has 0 bridgehead atoms. The maximum absolute atomic E-state index is 13.0. The van der Waals surface area contributed by atoms with Crippen LogP contribution in [0.4, 0.5) is 4.39 Å². The van der Waals surface area contributed by atoms with Gasteiger partial charge in [-0.25, -0.2) is 12.8 Å². The summed E-state index contributed by atoms with van der Waals surface area (Å²) in [6.45, 7) is 0.0784. The van der Waals surface area contributed by atoms with Gasteiger partial charge in [0.2, 0.25) is 0 Å². The highest BCUT2D eigenvalue weighted by molar-refractivity contribution is 7.89. The minimum atomic E-state index is -3.89. The summed E-state index contributed by atoms with van der Waals surface area (Å²) in [7, 11) is -3.89. The van der Waals surface area contributed by atoms with Gasteiger partial charge in [-0.1, -0.05) is 46.8 Å². The molecule has 0 fully saturated rings. The van der Waals surface area contributed by atoms with Crippen molar-refractivity contribution in [1.82, 2.24) is 4.89 Å². The van der Waals surface area contributed by atoms with E-state index in [1.807, 2.05) is 23.1 Å². The molecule has 2 aromatic carbocycles. The van der Waals surface area contributed by atoms with E-state index in [9.17, 15) is 12.8 Å². The smallest absolute Gasteiger partial charge is 0.262 e. The Labute approximate surface area is 121 Å². The van der Waals surface area contributed by atoms with Crippen LogP contribution in [0.5, 0.6) is 0 Å². The first-order valence-electron chi connectivity index (χ1n) is 5.61. The summed E-state index contributed by atoms with van der Waals surface area (Å²) in [6, 6.07) is 12.2. The summed E-state index contributed by atoms with van der Waals surface area (Å²) in [4.78, 5) is 6.73. The molecule has 0 amide bonds. The van der Waals surface area contributed by atoms with Crippen LogP contribution in [0.15, 0.2) is 53.4 Å². The first-order valence-corrected chi connectivity index (χ1v) is 7.48. The van der Waals surface area contributed by atoms with Gasteiger partial charge in [-0.15, -0.1) is 0 Å². The van der Waals surface area contributed by atoms with Gasteiger partial charge in [0.1, 0.15) is 5.82 Å². The lowest BCUT2D eigenvalue weighted by Gasteiger charge is -2.07. The lowest BCUT2D eigenvalue weighted by Crippen LogP contribution is -2.24. The van der Waals surface area contributed by atoms with Crippen molar-refractivity contribution in [1.29, 1.82) is 0 Å². The Hall–Kier alpha value is -1.47. The number of hydrogen-bond acceptors (Lipinski definition) is 3. The Bertz CT molecular complexity index is 692. The van der Waals surface area contributed by atoms with Crippen LogP contribution in [0.2, 0.25) is 5.02 Å². The van der Waals surface area contributed by atoms with E-state index in [1.165, 1.54) is 0 Å². The molecule has 1 N–H and O–H groups in total. The Morgan fingerprint density at radius 1 is 1.15 bits per heavy atom. The predicted octanol–water partition coefficient (Wildman–Crippen LogP) is 2.89. The van der Waals surface area contributed by atoms with Crippen molar-refractivity contribution in [2.24, 2.45) is 0 Å². The molecule has 7 heteroatoms. The summed E-state index contributed by atoms with van der Waals surface area (Å²) in [6.07, 6.45) is 0. The fourth-order valence-electron chi connectivity index (χ4n) is 1.46. The SMILES string of the molecule is O=S(=O)(NOCc1ccccc1)c1ccc(F)c(Cl)c1. The first-order chi connectivity index (χ1) is 9.49. The van der Waals surface area contributed by atoms with E-state index < -0.39 is 15.8 Å². The number of benzene rings is 2. The standard InChI is InChI=1S/C13H11ClFNO3S/c14-12-8-11(6-7-13(12)15)20(17,18)16-19-9-10-4-2-1-3-5-10/h1-8,16H,9H2. The molecule has 0 saturated heterocycles. The average molecular weight is 316 g/mol. The van der Waals surface area contributed by atoms with E-state index in [0.717, 1.165) is 23.8 Å². The average Bonchev–Trinajstić information content (AvgIpc) is 2.43. The van der Waals surface area contributed by atoms with Gasteiger partial charge in [-0.05, 0) is 23.8 Å². The van der Waals surface area contributed by atoms with Crippen LogP contribution in [0.25, 0.3) is 0 Å². The van der Waals surface area contributed by atoms with Crippen LogP contribution in [0, 0.1) is 5.82 Å². The summed E-state index contributed by atoms with van der Waals surface area (Å²) >= 11 is 5.54. The zero-order chi connectivity index (χ0) is 14.6. The third-order valence-corrected chi connectivity index (χ3v) is 3.95. The van der Waals surface area contributed by atoms with Crippen molar-refractivity contribution in [3.63, 3.8) is 0 Å². The second kappa shape index (κ2) is 6.32. The highest BCUT2D eigenvalue weighted by Crippen LogP contribution is 2.19. The minimum absolute atomic E-state index is 0.0784. The minimum Gasteiger partial charge on any atom is -0.282 e. The van der Waals surface area contributed by atoms with Crippen LogP contribution in [0.1, 0.15) is 5.56 Å². The van der Waals surface area contributed by atoms with Crippen molar-refractivity contribution >= 4 is 21.6 Å². The number of halogens is 2. The van der Waals surface area contributed by atoms with Crippen LogP contribution in [-0.4, -0.2) is 8.42 Å². The zero-order valence-corrected chi connectivity index (χ0v) is 11.8. The maximum Gasteiger partial charge on any atom is 0.262 e. The second-order valence-corrected chi connectivity index (χ2v) is 5.99. The monoisotopic (exact) mass is 315 g/mol. The van der Waals surface area contributed by atoms with Crippen molar-refractivity contribution < 1.29 is 17.6 Å². The molecular formula is C13H11ClFNO3S. The van der Waals surface area contributed by atoms with Crippen molar-refractivity contribution in [2.75, 3.05) is 0 Å². The fourth-order valence-corrected chi connectivity index (χ4v) is 2.53. The summed E-state index contributed by atoms with van der Waals surface area (Å²) < 4.78 is 36.7. The van der Waals surface area contributed by atoms with Gasteiger partial charge in [-0.2, -0.15) is 0 Å². The van der Waals surface area contributed by atoms with Crippen LogP contribution >= 0.6 is 11.6 Å². The third-order valence-electron chi connectivity index (χ3n) is 2.45. The van der Waals surface area contributed by atoms with Gasteiger partial charge in [0.25, 0.3) is 10.0 Å². The van der Waals surface area contributed by atoms with Gasteiger partial charge >= 0.3 is 0 Å². The Morgan fingerprint density at radius 2 is 1.85 bits per heavy atom. The lowest BCUT2D eigenvalue weighted by atomic mass is 10.2. The van der Waals surface area contributed by atoms with E-state index in [0.29, 0.717) is 0 Å². The highest BCUT2D eigenvalue weighted by atomic mass is 35.5. The number of rotatable bonds is 5. The van der Waals surface area contributed by atoms with Gasteiger partial charge < -0.3 is 0 Å². The molecule has 0 aliphatic rings. The molecule has 0 aliphatic heterocycles. The van der Waals surface area contributed by atoms with Gasteiger partial charge in [-0.3, -0.25) is 4.84 Å². The molecule has 106 valence electrons. The number of sulfonamides is 1. The molecule has 0 unspecified atom stereocenters. The lowest BCUT2D eigenvalue weighted by molar-refractivity contribution is 0.0795. The van der Waals surface area contributed by atoms with E-state index in [4.69, 9.17) is 16.4 Å². The van der Waals surface area contributed by atoms with Crippen LogP contribution in [0.3, 0.4) is 0 Å². The van der Waals surface area contributed by atoms with Crippen molar-refractivity contribution in [2.45, 2.75) is 11.5 Å². The second-order valence-electron chi connectivity index (χ2n) is 3.94. The molecule has 0 spiro atoms. The Kier molecular flexibility index (Phi) is 4.72. The van der Waals surface area contributed by atoms with Gasteiger partial charge in [0.15, 0.2) is 0 Å². The molecule has 2 rings (SSSR count). The van der Waals surface area contributed by atoms with Crippen LogP contribution < -0.4 is 4.89 Å². The number of hydrogen-bond donors (Lipinski definition) is 1. The van der Waals surface area contributed by atoms with E-state index in [2.05, 4.69) is 0 Å². The molecule has 0 heterocycles. The molecule has 20 heavy (non-hydrogen) atoms. The normalized spacial score (nSPS) is 11.5. The highest BCUT2D eigenvalue weighted by Gasteiger charge is 2.16. The van der Waals surface area contributed by atoms with Crippen molar-refractivity contribution in [3.8, 4) is 0 Å². The van der Waals surface area contributed by atoms with Gasteiger partial charge in [0.05, 0.1) is 16.5 Å².